The highest BCUT2D eigenvalue weighted by molar-refractivity contribution is 6.03. The predicted octanol–water partition coefficient (Wildman–Crippen LogP) is 3.88. The van der Waals surface area contributed by atoms with E-state index < -0.39 is 0 Å². The van der Waals surface area contributed by atoms with Gasteiger partial charge in [-0.1, -0.05) is 17.2 Å². The average molecular weight is 349 g/mol. The fourth-order valence-corrected chi connectivity index (χ4v) is 3.19. The monoisotopic (exact) mass is 349 g/mol. The zero-order chi connectivity index (χ0) is 17.9. The van der Waals surface area contributed by atoms with Gasteiger partial charge < -0.3 is 9.15 Å². The second-order valence-corrected chi connectivity index (χ2v) is 6.29. The number of fused-ring (bicyclic) bond motifs is 1. The number of benzene rings is 2. The van der Waals surface area contributed by atoms with Crippen molar-refractivity contribution in [2.75, 3.05) is 12.4 Å². The zero-order valence-electron chi connectivity index (χ0n) is 14.5. The predicted molar refractivity (Wildman–Crippen MR) is 97.3 cm³/mol. The number of aryl methyl sites for hydroxylation is 2. The second-order valence-electron chi connectivity index (χ2n) is 6.29. The number of aromatic nitrogens is 2. The lowest BCUT2D eigenvalue weighted by Gasteiger charge is -2.16. The Labute approximate surface area is 151 Å². The summed E-state index contributed by atoms with van der Waals surface area (Å²) in [7, 11) is 1.59. The molecule has 0 atom stereocenters. The van der Waals surface area contributed by atoms with Crippen LogP contribution < -0.4 is 10.1 Å². The number of carbonyl (C=O) groups is 1. The van der Waals surface area contributed by atoms with E-state index in [1.54, 1.807) is 13.2 Å². The molecule has 1 aliphatic rings. The summed E-state index contributed by atoms with van der Waals surface area (Å²) in [5, 5.41) is 10.6. The summed E-state index contributed by atoms with van der Waals surface area (Å²) in [5.74, 6) is 0.768. The molecule has 0 saturated carbocycles. The molecule has 1 heterocycles. The first-order valence-corrected chi connectivity index (χ1v) is 8.64. The number of hydrogen-bond donors (Lipinski definition) is 1. The van der Waals surface area contributed by atoms with Gasteiger partial charge in [0.05, 0.1) is 7.11 Å². The number of nitrogens with zero attached hydrogens (tertiary/aromatic N) is 2. The first-order valence-electron chi connectivity index (χ1n) is 8.64. The number of methoxy groups -OCH3 is 1. The molecule has 0 radical (unpaired) electrons. The lowest BCUT2D eigenvalue weighted by molar-refractivity contribution is 0.102. The van der Waals surface area contributed by atoms with E-state index in [9.17, 15) is 4.79 Å². The van der Waals surface area contributed by atoms with Gasteiger partial charge in [-0.2, -0.15) is 0 Å². The molecule has 0 bridgehead atoms. The highest BCUT2D eigenvalue weighted by atomic mass is 16.5. The summed E-state index contributed by atoms with van der Waals surface area (Å²) < 4.78 is 10.8. The lowest BCUT2D eigenvalue weighted by Crippen LogP contribution is -2.13. The quantitative estimate of drug-likeness (QED) is 0.773. The van der Waals surface area contributed by atoms with E-state index in [4.69, 9.17) is 9.15 Å². The summed E-state index contributed by atoms with van der Waals surface area (Å²) >= 11 is 0. The molecule has 132 valence electrons. The molecule has 1 aromatic heterocycles. The van der Waals surface area contributed by atoms with Crippen molar-refractivity contribution in [2.45, 2.75) is 25.7 Å². The molecule has 6 heteroatoms. The maximum Gasteiger partial charge on any atom is 0.322 e. The van der Waals surface area contributed by atoms with Crippen molar-refractivity contribution in [3.8, 4) is 17.2 Å². The van der Waals surface area contributed by atoms with Crippen molar-refractivity contribution >= 4 is 11.9 Å². The maximum atomic E-state index is 12.5. The average Bonchev–Trinajstić information content (AvgIpc) is 3.16. The summed E-state index contributed by atoms with van der Waals surface area (Å²) in [5.41, 5.74) is 3.93. The molecule has 6 nitrogen and oxygen atoms in total. The number of anilines is 1. The fourth-order valence-electron chi connectivity index (χ4n) is 3.19. The largest absolute Gasteiger partial charge is 0.497 e. The highest BCUT2D eigenvalue weighted by Crippen LogP contribution is 2.25. The topological polar surface area (TPSA) is 77.3 Å². The van der Waals surface area contributed by atoms with Gasteiger partial charge in [0.15, 0.2) is 0 Å². The Morgan fingerprint density at radius 3 is 2.77 bits per heavy atom. The van der Waals surface area contributed by atoms with Gasteiger partial charge in [0, 0.05) is 11.1 Å². The first kappa shape index (κ1) is 16.3. The van der Waals surface area contributed by atoms with E-state index in [2.05, 4.69) is 15.5 Å². The van der Waals surface area contributed by atoms with E-state index in [1.807, 2.05) is 36.4 Å². The summed E-state index contributed by atoms with van der Waals surface area (Å²) in [6.45, 7) is 0. The maximum absolute atomic E-state index is 12.5. The zero-order valence-corrected chi connectivity index (χ0v) is 14.5. The molecular weight excluding hydrogens is 330 g/mol. The Hall–Kier alpha value is -3.15. The van der Waals surface area contributed by atoms with Crippen molar-refractivity contribution in [3.63, 3.8) is 0 Å². The van der Waals surface area contributed by atoms with E-state index in [1.165, 1.54) is 24.0 Å². The minimum Gasteiger partial charge on any atom is -0.497 e. The number of ether oxygens (including phenoxy) is 1. The molecule has 3 aromatic rings. The van der Waals surface area contributed by atoms with Crippen molar-refractivity contribution in [1.82, 2.24) is 10.2 Å². The Kier molecular flexibility index (Phi) is 4.39. The second kappa shape index (κ2) is 7.00. The van der Waals surface area contributed by atoms with Crippen LogP contribution in [0.5, 0.6) is 5.75 Å². The SMILES string of the molecule is COc1cccc(-c2nnc(NC(=O)c3ccc4c(c3)CCCC4)o2)c1. The summed E-state index contributed by atoms with van der Waals surface area (Å²) in [6.07, 6.45) is 4.50. The van der Waals surface area contributed by atoms with Gasteiger partial charge in [-0.3, -0.25) is 10.1 Å². The standard InChI is InChI=1S/C20H19N3O3/c1-25-17-8-4-7-16(12-17)19-22-23-20(26-19)21-18(24)15-10-9-13-5-2-3-6-14(13)11-15/h4,7-12H,2-3,5-6H2,1H3,(H,21,23,24). The van der Waals surface area contributed by atoms with Crippen molar-refractivity contribution in [3.05, 3.63) is 59.2 Å². The van der Waals surface area contributed by atoms with Crippen LogP contribution in [0.1, 0.15) is 34.3 Å². The third-order valence-electron chi connectivity index (χ3n) is 4.57. The molecule has 0 unspecified atom stereocenters. The third-order valence-corrected chi connectivity index (χ3v) is 4.57. The van der Waals surface area contributed by atoms with Gasteiger partial charge in [-0.25, -0.2) is 0 Å². The van der Waals surface area contributed by atoms with Crippen LogP contribution >= 0.6 is 0 Å². The van der Waals surface area contributed by atoms with Crippen molar-refractivity contribution < 1.29 is 13.9 Å². The van der Waals surface area contributed by atoms with Gasteiger partial charge >= 0.3 is 6.01 Å². The smallest absolute Gasteiger partial charge is 0.322 e. The molecule has 1 amide bonds. The van der Waals surface area contributed by atoms with Crippen LogP contribution in [0.25, 0.3) is 11.5 Å². The molecule has 0 fully saturated rings. The molecule has 1 N–H and O–H groups in total. The third kappa shape index (κ3) is 3.31. The minimum absolute atomic E-state index is 0.0746. The van der Waals surface area contributed by atoms with E-state index in [0.29, 0.717) is 17.2 Å². The molecule has 0 aliphatic heterocycles. The van der Waals surface area contributed by atoms with Crippen LogP contribution in [0.15, 0.2) is 46.9 Å². The Morgan fingerprint density at radius 1 is 1.08 bits per heavy atom. The molecule has 0 saturated heterocycles. The highest BCUT2D eigenvalue weighted by Gasteiger charge is 2.16. The van der Waals surface area contributed by atoms with Gasteiger partial charge in [0.1, 0.15) is 5.75 Å². The lowest BCUT2D eigenvalue weighted by atomic mass is 9.90. The van der Waals surface area contributed by atoms with Gasteiger partial charge in [0.2, 0.25) is 5.89 Å². The van der Waals surface area contributed by atoms with Gasteiger partial charge in [-0.05, 0) is 67.1 Å². The number of rotatable bonds is 4. The van der Waals surface area contributed by atoms with Gasteiger partial charge in [-0.15, -0.1) is 5.10 Å². The first-order chi connectivity index (χ1) is 12.7. The van der Waals surface area contributed by atoms with Crippen LogP contribution in [-0.2, 0) is 12.8 Å². The fraction of sp³-hybridized carbons (Fsp3) is 0.250. The normalized spacial score (nSPS) is 13.1. The van der Waals surface area contributed by atoms with Crippen LogP contribution in [-0.4, -0.2) is 23.2 Å². The van der Waals surface area contributed by atoms with Crippen LogP contribution in [0, 0.1) is 0 Å². The minimum atomic E-state index is -0.251. The Bertz CT molecular complexity index is 949. The number of amides is 1. The number of hydrogen-bond acceptors (Lipinski definition) is 5. The van der Waals surface area contributed by atoms with Crippen LogP contribution in [0.4, 0.5) is 6.01 Å². The molecule has 26 heavy (non-hydrogen) atoms. The van der Waals surface area contributed by atoms with E-state index in [0.717, 1.165) is 18.4 Å². The van der Waals surface area contributed by atoms with Gasteiger partial charge in [0.25, 0.3) is 5.91 Å². The summed E-state index contributed by atoms with van der Waals surface area (Å²) in [6, 6.07) is 13.2. The number of carbonyl (C=O) groups excluding carboxylic acids is 1. The molecule has 0 spiro atoms. The van der Waals surface area contributed by atoms with Crippen molar-refractivity contribution in [1.29, 1.82) is 0 Å². The Morgan fingerprint density at radius 2 is 1.92 bits per heavy atom. The molecule has 2 aromatic carbocycles. The Balaban J connectivity index is 1.51. The van der Waals surface area contributed by atoms with Crippen LogP contribution in [0.2, 0.25) is 0 Å². The summed E-state index contributed by atoms with van der Waals surface area (Å²) in [4.78, 5) is 12.5. The number of nitrogens with one attached hydrogen (secondary N) is 1. The molecule has 4 rings (SSSR count). The molecular formula is C20H19N3O3. The van der Waals surface area contributed by atoms with E-state index in [-0.39, 0.29) is 11.9 Å². The van der Waals surface area contributed by atoms with Crippen LogP contribution in [0.3, 0.4) is 0 Å². The molecule has 1 aliphatic carbocycles. The van der Waals surface area contributed by atoms with E-state index >= 15 is 0 Å². The van der Waals surface area contributed by atoms with Crippen molar-refractivity contribution in [2.24, 2.45) is 0 Å².